The number of rotatable bonds is 5. The number of fused-ring (bicyclic) bond motifs is 6. The van der Waals surface area contributed by atoms with Crippen molar-refractivity contribution in [2.75, 3.05) is 0 Å². The molecule has 5 nitrogen and oxygen atoms in total. The van der Waals surface area contributed by atoms with Crippen LogP contribution >= 0.6 is 11.3 Å². The molecule has 0 aliphatic heterocycles. The van der Waals surface area contributed by atoms with Crippen molar-refractivity contribution in [1.29, 1.82) is 0 Å². The Morgan fingerprint density at radius 3 is 1.80 bits per heavy atom. The molecule has 6 aromatic carbocycles. The van der Waals surface area contributed by atoms with Gasteiger partial charge >= 0.3 is 0 Å². The normalized spacial score (nSPS) is 12.0. The van der Waals surface area contributed by atoms with Crippen molar-refractivity contribution in [3.8, 4) is 51.2 Å². The van der Waals surface area contributed by atoms with E-state index in [-0.39, 0.29) is 5.41 Å². The summed E-state index contributed by atoms with van der Waals surface area (Å²) in [5.74, 6) is 2.55. The number of thiophene rings is 1. The highest BCUT2D eigenvalue weighted by Gasteiger charge is 2.19. The van der Waals surface area contributed by atoms with Crippen LogP contribution in [0.5, 0.6) is 0 Å². The lowest BCUT2D eigenvalue weighted by atomic mass is 9.87. The van der Waals surface area contributed by atoms with Gasteiger partial charge in [-0.1, -0.05) is 142 Å². The molecule has 0 unspecified atom stereocenters. The highest BCUT2D eigenvalue weighted by Crippen LogP contribution is 2.39. The maximum absolute atomic E-state index is 5.28. The lowest BCUT2D eigenvalue weighted by molar-refractivity contribution is 0.590. The SMILES string of the molecule is CC(C)(C)c1ccc(-c2nc(-c3ccccc3)nc(-c3cccc(-n4c5ccccc5c5ccc(-c6ccc7c(c6)sc6ccccc67)cc54)n3)n2)cc1. The summed E-state index contributed by atoms with van der Waals surface area (Å²) in [7, 11) is 0. The molecule has 10 rings (SSSR count). The molecule has 0 fully saturated rings. The largest absolute Gasteiger partial charge is 0.294 e. The third-order valence-corrected chi connectivity index (χ3v) is 11.4. The van der Waals surface area contributed by atoms with Gasteiger partial charge in [0, 0.05) is 42.1 Å². The lowest BCUT2D eigenvalue weighted by Crippen LogP contribution is -2.10. The molecule has 0 aliphatic carbocycles. The van der Waals surface area contributed by atoms with Crippen molar-refractivity contribution in [2.24, 2.45) is 0 Å². The first-order valence-corrected chi connectivity index (χ1v) is 19.0. The van der Waals surface area contributed by atoms with Crippen LogP contribution in [0.1, 0.15) is 26.3 Å². The maximum Gasteiger partial charge on any atom is 0.182 e. The summed E-state index contributed by atoms with van der Waals surface area (Å²) in [6, 6.07) is 55.5. The van der Waals surface area contributed by atoms with E-state index in [1.54, 1.807) is 0 Å². The molecule has 10 aromatic rings. The molecule has 4 aromatic heterocycles. The average molecular weight is 714 g/mol. The Morgan fingerprint density at radius 1 is 0.426 bits per heavy atom. The molecule has 0 atom stereocenters. The zero-order chi connectivity index (χ0) is 36.4. The molecule has 0 N–H and O–H groups in total. The Hall–Kier alpha value is -6.50. The molecule has 0 saturated heterocycles. The first-order valence-electron chi connectivity index (χ1n) is 18.2. The molecular weight excluding hydrogens is 679 g/mol. The first-order chi connectivity index (χ1) is 26.4. The Balaban J connectivity index is 1.12. The quantitative estimate of drug-likeness (QED) is 0.178. The Bertz CT molecular complexity index is 3020. The van der Waals surface area contributed by atoms with Gasteiger partial charge in [-0.2, -0.15) is 0 Å². The van der Waals surface area contributed by atoms with Gasteiger partial charge in [0.1, 0.15) is 11.5 Å². The van der Waals surface area contributed by atoms with Gasteiger partial charge in [-0.3, -0.25) is 4.57 Å². The van der Waals surface area contributed by atoms with Crippen LogP contribution in [0.25, 0.3) is 93.2 Å². The van der Waals surface area contributed by atoms with Crippen molar-refractivity contribution < 1.29 is 0 Å². The number of benzene rings is 6. The van der Waals surface area contributed by atoms with Crippen LogP contribution in [-0.4, -0.2) is 24.5 Å². The van der Waals surface area contributed by atoms with Crippen LogP contribution in [0.3, 0.4) is 0 Å². The number of nitrogens with zero attached hydrogens (tertiary/aromatic N) is 5. The fourth-order valence-electron chi connectivity index (χ4n) is 7.43. The summed E-state index contributed by atoms with van der Waals surface area (Å²) < 4.78 is 4.87. The minimum absolute atomic E-state index is 0.0444. The van der Waals surface area contributed by atoms with E-state index < -0.39 is 0 Å². The highest BCUT2D eigenvalue weighted by atomic mass is 32.1. The predicted octanol–water partition coefficient (Wildman–Crippen LogP) is 12.7. The topological polar surface area (TPSA) is 56.5 Å². The summed E-state index contributed by atoms with van der Waals surface area (Å²) in [5.41, 5.74) is 8.38. The molecule has 0 bridgehead atoms. The van der Waals surface area contributed by atoms with E-state index in [9.17, 15) is 0 Å². The number of hydrogen-bond acceptors (Lipinski definition) is 5. The third-order valence-electron chi connectivity index (χ3n) is 10.3. The standard InChI is InChI=1S/C48H35N5S/c1-48(2,3)34-24-20-31(21-25-34)46-50-45(30-12-5-4-6-13-30)51-47(52-46)39-16-11-19-44(49-39)53-40-17-9-7-14-35(40)36-26-22-32(28-41(36)53)33-23-27-38-37-15-8-10-18-42(37)54-43(38)29-33/h4-29H,1-3H3. The Kier molecular flexibility index (Phi) is 7.49. The minimum atomic E-state index is 0.0444. The van der Waals surface area contributed by atoms with Gasteiger partial charge in [0.2, 0.25) is 0 Å². The maximum atomic E-state index is 5.28. The van der Waals surface area contributed by atoms with E-state index in [1.165, 1.54) is 42.1 Å². The van der Waals surface area contributed by atoms with E-state index in [0.717, 1.165) is 33.5 Å². The zero-order valence-electron chi connectivity index (χ0n) is 30.2. The Morgan fingerprint density at radius 2 is 1.02 bits per heavy atom. The van der Waals surface area contributed by atoms with Gasteiger partial charge < -0.3 is 0 Å². The summed E-state index contributed by atoms with van der Waals surface area (Å²) >= 11 is 1.85. The second kappa shape index (κ2) is 12.6. The van der Waals surface area contributed by atoms with Gasteiger partial charge in [-0.25, -0.2) is 19.9 Å². The average Bonchev–Trinajstić information content (AvgIpc) is 3.76. The number of hydrogen-bond donors (Lipinski definition) is 0. The van der Waals surface area contributed by atoms with E-state index in [1.807, 2.05) is 53.8 Å². The molecule has 0 saturated carbocycles. The van der Waals surface area contributed by atoms with Crippen molar-refractivity contribution in [3.63, 3.8) is 0 Å². The fraction of sp³-hybridized carbons (Fsp3) is 0.0833. The van der Waals surface area contributed by atoms with Crippen LogP contribution in [0.2, 0.25) is 0 Å². The summed E-state index contributed by atoms with van der Waals surface area (Å²) in [4.78, 5) is 20.3. The van der Waals surface area contributed by atoms with Gasteiger partial charge in [0.25, 0.3) is 0 Å². The van der Waals surface area contributed by atoms with Gasteiger partial charge in [0.15, 0.2) is 17.5 Å². The second-order valence-electron chi connectivity index (χ2n) is 14.8. The van der Waals surface area contributed by atoms with Gasteiger partial charge in [0.05, 0.1) is 11.0 Å². The second-order valence-corrected chi connectivity index (χ2v) is 15.9. The highest BCUT2D eigenvalue weighted by molar-refractivity contribution is 7.25. The molecule has 258 valence electrons. The summed E-state index contributed by atoms with van der Waals surface area (Å²) in [6.45, 7) is 6.66. The molecule has 4 heterocycles. The first kappa shape index (κ1) is 32.2. The summed E-state index contributed by atoms with van der Waals surface area (Å²) in [6.07, 6.45) is 0. The molecular formula is C48H35N5S. The molecule has 0 aliphatic rings. The van der Waals surface area contributed by atoms with Crippen LogP contribution in [0.4, 0.5) is 0 Å². The van der Waals surface area contributed by atoms with Gasteiger partial charge in [-0.15, -0.1) is 11.3 Å². The van der Waals surface area contributed by atoms with Crippen molar-refractivity contribution in [3.05, 3.63) is 163 Å². The van der Waals surface area contributed by atoms with E-state index in [0.29, 0.717) is 23.2 Å². The number of para-hydroxylation sites is 1. The molecule has 0 spiro atoms. The van der Waals surface area contributed by atoms with E-state index >= 15 is 0 Å². The molecule has 54 heavy (non-hydrogen) atoms. The van der Waals surface area contributed by atoms with Crippen LogP contribution in [0, 0.1) is 0 Å². The van der Waals surface area contributed by atoms with Crippen LogP contribution in [0.15, 0.2) is 158 Å². The van der Waals surface area contributed by atoms with Crippen LogP contribution < -0.4 is 0 Å². The number of pyridine rings is 1. The minimum Gasteiger partial charge on any atom is -0.294 e. The zero-order valence-corrected chi connectivity index (χ0v) is 31.0. The molecule has 0 radical (unpaired) electrons. The van der Waals surface area contributed by atoms with Crippen molar-refractivity contribution in [1.82, 2.24) is 24.5 Å². The monoisotopic (exact) mass is 713 g/mol. The Labute approximate surface area is 317 Å². The molecule has 0 amide bonds. The summed E-state index contributed by atoms with van der Waals surface area (Å²) in [5, 5.41) is 4.97. The predicted molar refractivity (Wildman–Crippen MR) is 225 cm³/mol. The van der Waals surface area contributed by atoms with Crippen molar-refractivity contribution in [2.45, 2.75) is 26.2 Å². The smallest absolute Gasteiger partial charge is 0.182 e. The van der Waals surface area contributed by atoms with E-state index in [4.69, 9.17) is 19.9 Å². The lowest BCUT2D eigenvalue weighted by Gasteiger charge is -2.19. The van der Waals surface area contributed by atoms with E-state index in [2.05, 4.69) is 141 Å². The molecule has 6 heteroatoms. The third kappa shape index (κ3) is 5.54. The van der Waals surface area contributed by atoms with Crippen LogP contribution in [-0.2, 0) is 5.41 Å². The number of aromatic nitrogens is 5. The van der Waals surface area contributed by atoms with Crippen molar-refractivity contribution >= 4 is 53.3 Å². The fourth-order valence-corrected chi connectivity index (χ4v) is 8.58. The van der Waals surface area contributed by atoms with Gasteiger partial charge in [-0.05, 0) is 58.5 Å².